The highest BCUT2D eigenvalue weighted by molar-refractivity contribution is 5.96. The van der Waals surface area contributed by atoms with Crippen LogP contribution in [0.4, 0.5) is 0 Å². The molecular weight excluding hydrogens is 346 g/mol. The predicted molar refractivity (Wildman–Crippen MR) is 99.9 cm³/mol. The van der Waals surface area contributed by atoms with Gasteiger partial charge in [-0.25, -0.2) is 4.79 Å². The molecule has 27 heavy (non-hydrogen) atoms. The highest BCUT2D eigenvalue weighted by atomic mass is 16.5. The van der Waals surface area contributed by atoms with Crippen LogP contribution in [0.5, 0.6) is 5.75 Å². The molecule has 2 aromatic rings. The van der Waals surface area contributed by atoms with Gasteiger partial charge in [0.1, 0.15) is 17.9 Å². The first-order valence-electron chi connectivity index (χ1n) is 9.04. The van der Waals surface area contributed by atoms with Crippen molar-refractivity contribution < 1.29 is 24.2 Å². The Morgan fingerprint density at radius 1 is 1.07 bits per heavy atom. The van der Waals surface area contributed by atoms with Gasteiger partial charge in [0.05, 0.1) is 13.2 Å². The lowest BCUT2D eigenvalue weighted by atomic mass is 10.1. The van der Waals surface area contributed by atoms with E-state index in [1.807, 2.05) is 30.3 Å². The maximum Gasteiger partial charge on any atom is 0.326 e. The van der Waals surface area contributed by atoms with Crippen molar-refractivity contribution in [2.24, 2.45) is 0 Å². The van der Waals surface area contributed by atoms with E-state index < -0.39 is 17.9 Å². The molecule has 0 aliphatic carbocycles. The van der Waals surface area contributed by atoms with Crippen LogP contribution in [0.3, 0.4) is 0 Å². The zero-order valence-corrected chi connectivity index (χ0v) is 15.0. The van der Waals surface area contributed by atoms with Crippen molar-refractivity contribution in [3.63, 3.8) is 0 Å². The molecule has 0 radical (unpaired) electrons. The molecule has 3 rings (SSSR count). The van der Waals surface area contributed by atoms with Gasteiger partial charge in [0.25, 0.3) is 5.91 Å². The molecule has 6 heteroatoms. The smallest absolute Gasteiger partial charge is 0.326 e. The van der Waals surface area contributed by atoms with E-state index >= 15 is 0 Å². The van der Waals surface area contributed by atoms with Gasteiger partial charge in [-0.1, -0.05) is 30.3 Å². The first kappa shape index (κ1) is 18.9. The molecular formula is C21H23NO5. The van der Waals surface area contributed by atoms with Gasteiger partial charge in [-0.15, -0.1) is 0 Å². The minimum Gasteiger partial charge on any atom is -0.490 e. The van der Waals surface area contributed by atoms with E-state index in [4.69, 9.17) is 9.47 Å². The number of aliphatic carboxylic acids is 1. The SMILES string of the molecule is O=C(N[C@H](Cc1ccccc1)C(=O)O)c1ccc(OC2CCOCC2)cc1. The molecule has 0 saturated carbocycles. The van der Waals surface area contributed by atoms with Crippen molar-refractivity contribution in [2.75, 3.05) is 13.2 Å². The number of ether oxygens (including phenoxy) is 2. The second-order valence-corrected chi connectivity index (χ2v) is 6.51. The summed E-state index contributed by atoms with van der Waals surface area (Å²) in [5, 5.41) is 12.0. The maximum absolute atomic E-state index is 12.4. The Morgan fingerprint density at radius 2 is 1.74 bits per heavy atom. The molecule has 0 aromatic heterocycles. The standard InChI is InChI=1S/C21H23NO5/c23-20(22-19(21(24)25)14-15-4-2-1-3-5-15)16-6-8-17(9-7-16)27-18-10-12-26-13-11-18/h1-9,18-19H,10-14H2,(H,22,23)(H,24,25)/t19-/m1/s1. The van der Waals surface area contributed by atoms with Crippen LogP contribution in [0.15, 0.2) is 54.6 Å². The summed E-state index contributed by atoms with van der Waals surface area (Å²) in [4.78, 5) is 23.9. The number of rotatable bonds is 7. The van der Waals surface area contributed by atoms with Crippen molar-refractivity contribution in [1.82, 2.24) is 5.32 Å². The normalized spacial score (nSPS) is 15.7. The lowest BCUT2D eigenvalue weighted by molar-refractivity contribution is -0.139. The van der Waals surface area contributed by atoms with Crippen LogP contribution in [0.1, 0.15) is 28.8 Å². The summed E-state index contributed by atoms with van der Waals surface area (Å²) >= 11 is 0. The van der Waals surface area contributed by atoms with Crippen LogP contribution in [-0.2, 0) is 16.0 Å². The summed E-state index contributed by atoms with van der Waals surface area (Å²) in [5.74, 6) is -0.792. The van der Waals surface area contributed by atoms with E-state index in [0.29, 0.717) is 24.5 Å². The molecule has 2 aromatic carbocycles. The zero-order chi connectivity index (χ0) is 19.1. The lowest BCUT2D eigenvalue weighted by Gasteiger charge is -2.23. The highest BCUT2D eigenvalue weighted by Crippen LogP contribution is 2.18. The Hall–Kier alpha value is -2.86. The van der Waals surface area contributed by atoms with Gasteiger partial charge >= 0.3 is 5.97 Å². The Bertz CT molecular complexity index is 754. The van der Waals surface area contributed by atoms with Gasteiger partial charge in [0, 0.05) is 24.8 Å². The van der Waals surface area contributed by atoms with Crippen LogP contribution in [0.2, 0.25) is 0 Å². The molecule has 0 unspecified atom stereocenters. The quantitative estimate of drug-likeness (QED) is 0.784. The van der Waals surface area contributed by atoms with Crippen molar-refractivity contribution in [1.29, 1.82) is 0 Å². The molecule has 1 saturated heterocycles. The molecule has 1 aliphatic heterocycles. The van der Waals surface area contributed by atoms with Crippen LogP contribution in [0, 0.1) is 0 Å². The molecule has 1 amide bonds. The Morgan fingerprint density at radius 3 is 2.37 bits per heavy atom. The monoisotopic (exact) mass is 369 g/mol. The fraction of sp³-hybridized carbons (Fsp3) is 0.333. The largest absolute Gasteiger partial charge is 0.490 e. The van der Waals surface area contributed by atoms with Gasteiger partial charge in [0.2, 0.25) is 0 Å². The predicted octanol–water partition coefficient (Wildman–Crippen LogP) is 2.67. The van der Waals surface area contributed by atoms with Crippen LogP contribution >= 0.6 is 0 Å². The average molecular weight is 369 g/mol. The number of carboxylic acid groups (broad SMARTS) is 1. The number of amides is 1. The number of benzene rings is 2. The number of nitrogens with one attached hydrogen (secondary N) is 1. The summed E-state index contributed by atoms with van der Waals surface area (Å²) in [7, 11) is 0. The lowest BCUT2D eigenvalue weighted by Crippen LogP contribution is -2.42. The summed E-state index contributed by atoms with van der Waals surface area (Å²) in [6, 6.07) is 15.0. The van der Waals surface area contributed by atoms with Gasteiger partial charge in [-0.3, -0.25) is 4.79 Å². The number of carbonyl (C=O) groups excluding carboxylic acids is 1. The molecule has 1 fully saturated rings. The number of carboxylic acids is 1. The summed E-state index contributed by atoms with van der Waals surface area (Å²) in [6.07, 6.45) is 2.05. The van der Waals surface area contributed by atoms with Gasteiger partial charge in [-0.2, -0.15) is 0 Å². The molecule has 1 aliphatic rings. The molecule has 6 nitrogen and oxygen atoms in total. The first-order valence-corrected chi connectivity index (χ1v) is 9.04. The topological polar surface area (TPSA) is 84.9 Å². The van der Waals surface area contributed by atoms with Gasteiger partial charge in [-0.05, 0) is 29.8 Å². The molecule has 1 atom stereocenters. The average Bonchev–Trinajstić information content (AvgIpc) is 2.69. The molecule has 142 valence electrons. The van der Waals surface area contributed by atoms with Crippen LogP contribution < -0.4 is 10.1 Å². The van der Waals surface area contributed by atoms with E-state index in [9.17, 15) is 14.7 Å². The summed E-state index contributed by atoms with van der Waals surface area (Å²) in [5.41, 5.74) is 1.25. The number of carbonyl (C=O) groups is 2. The first-order chi connectivity index (χ1) is 13.1. The Balaban J connectivity index is 1.59. The molecule has 2 N–H and O–H groups in total. The fourth-order valence-corrected chi connectivity index (χ4v) is 2.96. The van der Waals surface area contributed by atoms with Crippen molar-refractivity contribution >= 4 is 11.9 Å². The van der Waals surface area contributed by atoms with E-state index in [0.717, 1.165) is 18.4 Å². The van der Waals surface area contributed by atoms with Crippen molar-refractivity contribution in [3.8, 4) is 5.75 Å². The molecule has 1 heterocycles. The van der Waals surface area contributed by atoms with Crippen molar-refractivity contribution in [2.45, 2.75) is 31.4 Å². The minimum atomic E-state index is -1.06. The van der Waals surface area contributed by atoms with E-state index in [2.05, 4.69) is 5.32 Å². The van der Waals surface area contributed by atoms with E-state index in [1.54, 1.807) is 24.3 Å². The third-order valence-electron chi connectivity index (χ3n) is 4.47. The maximum atomic E-state index is 12.4. The van der Waals surface area contributed by atoms with E-state index in [1.165, 1.54) is 0 Å². The van der Waals surface area contributed by atoms with Crippen LogP contribution in [-0.4, -0.2) is 42.3 Å². The van der Waals surface area contributed by atoms with Crippen LogP contribution in [0.25, 0.3) is 0 Å². The Kier molecular flexibility index (Phi) is 6.44. The number of hydrogen-bond donors (Lipinski definition) is 2. The number of hydrogen-bond acceptors (Lipinski definition) is 4. The highest BCUT2D eigenvalue weighted by Gasteiger charge is 2.21. The second kappa shape index (κ2) is 9.19. The van der Waals surface area contributed by atoms with E-state index in [-0.39, 0.29) is 12.5 Å². The third-order valence-corrected chi connectivity index (χ3v) is 4.47. The molecule has 0 bridgehead atoms. The zero-order valence-electron chi connectivity index (χ0n) is 15.0. The second-order valence-electron chi connectivity index (χ2n) is 6.51. The van der Waals surface area contributed by atoms with Gasteiger partial charge in [0.15, 0.2) is 0 Å². The van der Waals surface area contributed by atoms with Gasteiger partial charge < -0.3 is 19.9 Å². The minimum absolute atomic E-state index is 0.126. The third kappa shape index (κ3) is 5.56. The van der Waals surface area contributed by atoms with Crippen molar-refractivity contribution in [3.05, 3.63) is 65.7 Å². The fourth-order valence-electron chi connectivity index (χ4n) is 2.96. The summed E-state index contributed by atoms with van der Waals surface area (Å²) in [6.45, 7) is 1.40. The summed E-state index contributed by atoms with van der Waals surface area (Å²) < 4.78 is 11.2. The molecule has 0 spiro atoms. The Labute approximate surface area is 158 Å².